The van der Waals surface area contributed by atoms with E-state index in [1.54, 1.807) is 31.3 Å². The first kappa shape index (κ1) is 21.5. The Labute approximate surface area is 173 Å². The highest BCUT2D eigenvalue weighted by molar-refractivity contribution is 7.90. The lowest BCUT2D eigenvalue weighted by atomic mass is 10.0. The number of halogens is 1. The molecule has 1 N–H and O–H groups in total. The van der Waals surface area contributed by atoms with Gasteiger partial charge in [-0.05, 0) is 58.4 Å². The van der Waals surface area contributed by atoms with Crippen LogP contribution in [-0.4, -0.2) is 18.9 Å². The minimum absolute atomic E-state index is 0.248. The van der Waals surface area contributed by atoms with E-state index in [2.05, 4.69) is 9.71 Å². The van der Waals surface area contributed by atoms with Gasteiger partial charge in [-0.1, -0.05) is 18.2 Å². The molecular formula is C22H26FN3O2S. The highest BCUT2D eigenvalue weighted by atomic mass is 32.2. The molecule has 2 aromatic carbocycles. The summed E-state index contributed by atoms with van der Waals surface area (Å²) in [6.45, 7) is 9.46. The largest absolute Gasteiger partial charge is 0.598 e. The van der Waals surface area contributed by atoms with Gasteiger partial charge in [-0.15, -0.1) is 4.72 Å². The SMILES string of the molecule is Cc1cc(C(C)N[S@+]([O-])C(C)(C)C)c2nc(-c3ccccc3F)n(C)c(=O)c2c1. The lowest BCUT2D eigenvalue weighted by Crippen LogP contribution is -2.40. The Kier molecular flexibility index (Phi) is 5.85. The lowest BCUT2D eigenvalue weighted by molar-refractivity contribution is 0.531. The van der Waals surface area contributed by atoms with Crippen LogP contribution in [-0.2, 0) is 18.4 Å². The Balaban J connectivity index is 2.24. The molecule has 0 aliphatic carbocycles. The Morgan fingerprint density at radius 3 is 2.52 bits per heavy atom. The molecule has 0 saturated heterocycles. The molecule has 154 valence electrons. The Bertz CT molecular complexity index is 1120. The van der Waals surface area contributed by atoms with Crippen molar-refractivity contribution < 1.29 is 8.94 Å². The molecule has 29 heavy (non-hydrogen) atoms. The van der Waals surface area contributed by atoms with Gasteiger partial charge in [-0.3, -0.25) is 9.36 Å². The van der Waals surface area contributed by atoms with Crippen molar-refractivity contribution in [2.75, 3.05) is 0 Å². The molecule has 0 fully saturated rings. The number of aromatic nitrogens is 2. The van der Waals surface area contributed by atoms with E-state index in [-0.39, 0.29) is 23.0 Å². The topological polar surface area (TPSA) is 70.0 Å². The average molecular weight is 416 g/mol. The summed E-state index contributed by atoms with van der Waals surface area (Å²) < 4.78 is 31.0. The third-order valence-corrected chi connectivity index (χ3v) is 6.46. The number of fused-ring (bicyclic) bond motifs is 1. The van der Waals surface area contributed by atoms with Crippen molar-refractivity contribution >= 4 is 22.3 Å². The van der Waals surface area contributed by atoms with Crippen LogP contribution < -0.4 is 10.3 Å². The van der Waals surface area contributed by atoms with Crippen molar-refractivity contribution in [2.45, 2.75) is 45.4 Å². The van der Waals surface area contributed by atoms with Crippen molar-refractivity contribution in [3.05, 3.63) is 63.7 Å². The predicted octanol–water partition coefficient (Wildman–Crippen LogP) is 4.16. The lowest BCUT2D eigenvalue weighted by Gasteiger charge is -2.27. The highest BCUT2D eigenvalue weighted by Gasteiger charge is 2.29. The van der Waals surface area contributed by atoms with Crippen LogP contribution in [0.1, 0.15) is 44.9 Å². The van der Waals surface area contributed by atoms with E-state index >= 15 is 0 Å². The van der Waals surface area contributed by atoms with Gasteiger partial charge in [0.25, 0.3) is 5.56 Å². The zero-order valence-corrected chi connectivity index (χ0v) is 18.4. The van der Waals surface area contributed by atoms with Crippen LogP contribution in [0.4, 0.5) is 4.39 Å². The zero-order valence-electron chi connectivity index (χ0n) is 17.5. The van der Waals surface area contributed by atoms with Gasteiger partial charge < -0.3 is 4.55 Å². The zero-order chi connectivity index (χ0) is 21.5. The minimum Gasteiger partial charge on any atom is -0.598 e. The van der Waals surface area contributed by atoms with Gasteiger partial charge in [0, 0.05) is 24.0 Å². The van der Waals surface area contributed by atoms with Crippen LogP contribution in [0.3, 0.4) is 0 Å². The fourth-order valence-corrected chi connectivity index (χ4v) is 3.97. The molecule has 0 aliphatic rings. The number of rotatable bonds is 4. The summed E-state index contributed by atoms with van der Waals surface area (Å²) in [5.41, 5.74) is 2.16. The summed E-state index contributed by atoms with van der Waals surface area (Å²) in [6.07, 6.45) is 0. The fourth-order valence-electron chi connectivity index (χ4n) is 3.17. The Morgan fingerprint density at radius 2 is 1.90 bits per heavy atom. The van der Waals surface area contributed by atoms with Gasteiger partial charge in [0.15, 0.2) is 0 Å². The van der Waals surface area contributed by atoms with E-state index in [0.29, 0.717) is 10.9 Å². The smallest absolute Gasteiger partial charge is 0.261 e. The number of aryl methyl sites for hydroxylation is 1. The number of hydrogen-bond donors (Lipinski definition) is 1. The van der Waals surface area contributed by atoms with Crippen LogP contribution in [0.15, 0.2) is 41.2 Å². The molecule has 7 heteroatoms. The molecule has 1 heterocycles. The Hall–Kier alpha value is -2.22. The second-order valence-corrected chi connectivity index (χ2v) is 10.2. The third kappa shape index (κ3) is 4.22. The maximum Gasteiger partial charge on any atom is 0.261 e. The standard InChI is InChI=1S/C22H26FN3O2S/c1-13-11-16(14(2)25-29(28)22(3,4)5)19-17(12-13)21(27)26(6)20(24-19)15-9-7-8-10-18(15)23/h7-12,14,25H,1-6H3/t14?,29-/m1/s1. The summed E-state index contributed by atoms with van der Waals surface area (Å²) in [5, 5.41) is 0.456. The summed E-state index contributed by atoms with van der Waals surface area (Å²) in [6, 6.07) is 9.66. The first-order valence-electron chi connectivity index (χ1n) is 9.45. The van der Waals surface area contributed by atoms with Gasteiger partial charge in [0.05, 0.1) is 22.5 Å². The molecule has 3 rings (SSSR count). The van der Waals surface area contributed by atoms with Crippen LogP contribution in [0.5, 0.6) is 0 Å². The van der Waals surface area contributed by atoms with Gasteiger partial charge in [-0.2, -0.15) is 0 Å². The summed E-state index contributed by atoms with van der Waals surface area (Å²) in [4.78, 5) is 17.7. The second-order valence-electron chi connectivity index (χ2n) is 8.25. The number of nitrogens with zero attached hydrogens (tertiary/aromatic N) is 2. The maximum absolute atomic E-state index is 14.4. The van der Waals surface area contributed by atoms with E-state index in [4.69, 9.17) is 0 Å². The van der Waals surface area contributed by atoms with E-state index in [1.165, 1.54) is 10.6 Å². The van der Waals surface area contributed by atoms with Gasteiger partial charge >= 0.3 is 0 Å². The molecule has 0 aliphatic heterocycles. The fraction of sp³-hybridized carbons (Fsp3) is 0.364. The predicted molar refractivity (Wildman–Crippen MR) is 117 cm³/mol. The van der Waals surface area contributed by atoms with Crippen molar-refractivity contribution in [2.24, 2.45) is 7.05 Å². The highest BCUT2D eigenvalue weighted by Crippen LogP contribution is 2.28. The molecule has 0 radical (unpaired) electrons. The maximum atomic E-state index is 14.4. The van der Waals surface area contributed by atoms with Crippen molar-refractivity contribution in [3.63, 3.8) is 0 Å². The first-order valence-corrected chi connectivity index (χ1v) is 10.6. The van der Waals surface area contributed by atoms with E-state index in [0.717, 1.165) is 11.1 Å². The molecule has 5 nitrogen and oxygen atoms in total. The van der Waals surface area contributed by atoms with E-state index < -0.39 is 21.9 Å². The van der Waals surface area contributed by atoms with Crippen molar-refractivity contribution in [3.8, 4) is 11.4 Å². The molecule has 0 bridgehead atoms. The van der Waals surface area contributed by atoms with Crippen LogP contribution in [0, 0.1) is 12.7 Å². The van der Waals surface area contributed by atoms with Crippen LogP contribution in [0.25, 0.3) is 22.3 Å². The molecule has 3 aromatic rings. The number of hydrogen-bond acceptors (Lipinski definition) is 4. The third-order valence-electron chi connectivity index (χ3n) is 4.78. The number of nitrogens with one attached hydrogen (secondary N) is 1. The monoisotopic (exact) mass is 415 g/mol. The molecule has 1 unspecified atom stereocenters. The van der Waals surface area contributed by atoms with Gasteiger partial charge in [0.1, 0.15) is 16.4 Å². The van der Waals surface area contributed by atoms with Crippen LogP contribution in [0.2, 0.25) is 0 Å². The molecular weight excluding hydrogens is 389 g/mol. The molecule has 0 saturated carbocycles. The van der Waals surface area contributed by atoms with Crippen LogP contribution >= 0.6 is 0 Å². The molecule has 0 amide bonds. The van der Waals surface area contributed by atoms with Crippen molar-refractivity contribution in [1.82, 2.24) is 14.3 Å². The molecule has 2 atom stereocenters. The first-order chi connectivity index (χ1) is 13.5. The van der Waals surface area contributed by atoms with Crippen molar-refractivity contribution in [1.29, 1.82) is 0 Å². The summed E-state index contributed by atoms with van der Waals surface area (Å²) >= 11 is -1.29. The Morgan fingerprint density at radius 1 is 1.24 bits per heavy atom. The summed E-state index contributed by atoms with van der Waals surface area (Å²) in [7, 11) is 1.59. The molecule has 1 aromatic heterocycles. The van der Waals surface area contributed by atoms with Gasteiger partial charge in [0.2, 0.25) is 0 Å². The molecule has 0 spiro atoms. The van der Waals surface area contributed by atoms with Gasteiger partial charge in [-0.25, -0.2) is 9.37 Å². The summed E-state index contributed by atoms with van der Waals surface area (Å²) in [5.74, 6) is -0.183. The quantitative estimate of drug-likeness (QED) is 0.650. The van der Waals surface area contributed by atoms with E-state index in [1.807, 2.05) is 40.7 Å². The number of benzene rings is 2. The average Bonchev–Trinajstić information content (AvgIpc) is 2.64. The second kappa shape index (κ2) is 7.89. The normalized spacial score (nSPS) is 14.2. The minimum atomic E-state index is -1.29. The van der Waals surface area contributed by atoms with E-state index in [9.17, 15) is 13.7 Å².